The lowest BCUT2D eigenvalue weighted by molar-refractivity contribution is 0.0187. The lowest BCUT2D eigenvalue weighted by atomic mass is 9.87. The van der Waals surface area contributed by atoms with E-state index in [1.165, 1.54) is 6.07 Å². The van der Waals surface area contributed by atoms with Gasteiger partial charge in [0.15, 0.2) is 11.6 Å². The van der Waals surface area contributed by atoms with Gasteiger partial charge in [-0.15, -0.1) is 0 Å². The van der Waals surface area contributed by atoms with E-state index in [1.807, 2.05) is 20.8 Å². The molecule has 7 heteroatoms. The SMILES string of the molecule is CC(C)(C)C(COc1ccccc1F)NC(=O)NCCOCC1CCCO1. The van der Waals surface area contributed by atoms with E-state index in [0.29, 0.717) is 19.8 Å². The highest BCUT2D eigenvalue weighted by Gasteiger charge is 2.27. The van der Waals surface area contributed by atoms with Crippen molar-refractivity contribution in [3.63, 3.8) is 0 Å². The minimum absolute atomic E-state index is 0.174. The van der Waals surface area contributed by atoms with Crippen LogP contribution >= 0.6 is 0 Å². The molecule has 1 aliphatic heterocycles. The Morgan fingerprint density at radius 1 is 1.37 bits per heavy atom. The van der Waals surface area contributed by atoms with Crippen LogP contribution in [0.5, 0.6) is 5.75 Å². The first kappa shape index (κ1) is 21.4. The Morgan fingerprint density at radius 3 is 2.81 bits per heavy atom. The summed E-state index contributed by atoms with van der Waals surface area (Å²) in [4.78, 5) is 12.2. The summed E-state index contributed by atoms with van der Waals surface area (Å²) >= 11 is 0. The molecule has 1 aliphatic rings. The maximum Gasteiger partial charge on any atom is 0.315 e. The maximum atomic E-state index is 13.7. The molecule has 1 heterocycles. The van der Waals surface area contributed by atoms with E-state index in [9.17, 15) is 9.18 Å². The van der Waals surface area contributed by atoms with Gasteiger partial charge >= 0.3 is 6.03 Å². The Kier molecular flexibility index (Phi) is 8.31. The van der Waals surface area contributed by atoms with Crippen LogP contribution in [0.3, 0.4) is 0 Å². The number of carbonyl (C=O) groups excluding carboxylic acids is 1. The summed E-state index contributed by atoms with van der Waals surface area (Å²) in [5.74, 6) is -0.241. The number of rotatable bonds is 9. The average molecular weight is 382 g/mol. The van der Waals surface area contributed by atoms with E-state index in [2.05, 4.69) is 10.6 Å². The van der Waals surface area contributed by atoms with Gasteiger partial charge < -0.3 is 24.8 Å². The van der Waals surface area contributed by atoms with Gasteiger partial charge in [-0.3, -0.25) is 0 Å². The summed E-state index contributed by atoms with van der Waals surface area (Å²) < 4.78 is 30.3. The lowest BCUT2D eigenvalue weighted by Gasteiger charge is -2.31. The second kappa shape index (κ2) is 10.5. The van der Waals surface area contributed by atoms with Gasteiger partial charge in [0, 0.05) is 13.2 Å². The molecule has 1 saturated heterocycles. The Balaban J connectivity index is 1.70. The molecule has 1 fully saturated rings. The molecule has 0 saturated carbocycles. The van der Waals surface area contributed by atoms with Crippen molar-refractivity contribution >= 4 is 6.03 Å². The smallest absolute Gasteiger partial charge is 0.315 e. The Bertz CT molecular complexity index is 586. The van der Waals surface area contributed by atoms with Crippen molar-refractivity contribution in [2.45, 2.75) is 45.8 Å². The standard InChI is InChI=1S/C20H31FN2O4/c1-20(2,3)18(14-27-17-9-5-4-8-16(17)21)23-19(24)22-10-12-25-13-15-7-6-11-26-15/h4-5,8-9,15,18H,6-7,10-14H2,1-3H3,(H2,22,23,24). The minimum Gasteiger partial charge on any atom is -0.488 e. The number of nitrogens with one attached hydrogen (secondary N) is 2. The number of ether oxygens (including phenoxy) is 3. The van der Waals surface area contributed by atoms with Crippen LogP contribution in [-0.4, -0.2) is 51.1 Å². The third-order valence-corrected chi connectivity index (χ3v) is 4.45. The second-order valence-electron chi connectivity index (χ2n) is 7.77. The Labute approximate surface area is 160 Å². The number of halogens is 1. The summed E-state index contributed by atoms with van der Waals surface area (Å²) in [6, 6.07) is 5.65. The predicted octanol–water partition coefficient (Wildman–Crippen LogP) is 3.11. The highest BCUT2D eigenvalue weighted by molar-refractivity contribution is 5.74. The van der Waals surface area contributed by atoms with Gasteiger partial charge in [0.2, 0.25) is 0 Å². The second-order valence-corrected chi connectivity index (χ2v) is 7.77. The molecule has 2 N–H and O–H groups in total. The number of carbonyl (C=O) groups is 1. The molecule has 0 aliphatic carbocycles. The number of para-hydroxylation sites is 1. The van der Waals surface area contributed by atoms with Crippen molar-refractivity contribution in [1.82, 2.24) is 10.6 Å². The number of hydrogen-bond donors (Lipinski definition) is 2. The zero-order valence-electron chi connectivity index (χ0n) is 16.4. The molecule has 0 bridgehead atoms. The molecule has 0 radical (unpaired) electrons. The zero-order chi connectivity index (χ0) is 19.7. The Hall–Kier alpha value is -1.86. The first-order valence-electron chi connectivity index (χ1n) is 9.47. The van der Waals surface area contributed by atoms with Crippen LogP contribution in [0.15, 0.2) is 24.3 Å². The van der Waals surface area contributed by atoms with Crippen molar-refractivity contribution in [2.24, 2.45) is 5.41 Å². The fourth-order valence-corrected chi connectivity index (χ4v) is 2.68. The highest BCUT2D eigenvalue weighted by atomic mass is 19.1. The van der Waals surface area contributed by atoms with Crippen molar-refractivity contribution in [3.8, 4) is 5.75 Å². The van der Waals surface area contributed by atoms with Gasteiger partial charge in [0.25, 0.3) is 0 Å². The molecule has 0 spiro atoms. The van der Waals surface area contributed by atoms with Gasteiger partial charge in [-0.1, -0.05) is 32.9 Å². The first-order valence-corrected chi connectivity index (χ1v) is 9.47. The van der Waals surface area contributed by atoms with Gasteiger partial charge in [-0.25, -0.2) is 9.18 Å². The van der Waals surface area contributed by atoms with Crippen LogP contribution in [0.1, 0.15) is 33.6 Å². The van der Waals surface area contributed by atoms with Gasteiger partial charge in [-0.2, -0.15) is 0 Å². The highest BCUT2D eigenvalue weighted by Crippen LogP contribution is 2.22. The van der Waals surface area contributed by atoms with E-state index in [4.69, 9.17) is 14.2 Å². The van der Waals surface area contributed by atoms with E-state index in [1.54, 1.807) is 18.2 Å². The molecule has 2 rings (SSSR count). The molecular formula is C20H31FN2O4. The molecule has 27 heavy (non-hydrogen) atoms. The van der Waals surface area contributed by atoms with Gasteiger partial charge in [-0.05, 0) is 30.4 Å². The third-order valence-electron chi connectivity index (χ3n) is 4.45. The summed E-state index contributed by atoms with van der Waals surface area (Å²) in [7, 11) is 0. The van der Waals surface area contributed by atoms with Crippen molar-refractivity contribution in [1.29, 1.82) is 0 Å². The quantitative estimate of drug-likeness (QED) is 0.644. The van der Waals surface area contributed by atoms with Crippen LogP contribution in [-0.2, 0) is 9.47 Å². The monoisotopic (exact) mass is 382 g/mol. The zero-order valence-corrected chi connectivity index (χ0v) is 16.4. The fourth-order valence-electron chi connectivity index (χ4n) is 2.68. The van der Waals surface area contributed by atoms with Crippen LogP contribution in [0.25, 0.3) is 0 Å². The molecule has 2 unspecified atom stereocenters. The van der Waals surface area contributed by atoms with E-state index in [0.717, 1.165) is 19.4 Å². The van der Waals surface area contributed by atoms with E-state index in [-0.39, 0.29) is 35.9 Å². The number of urea groups is 1. The molecular weight excluding hydrogens is 351 g/mol. The summed E-state index contributed by atoms with van der Waals surface area (Å²) in [5, 5.41) is 5.68. The van der Waals surface area contributed by atoms with E-state index >= 15 is 0 Å². The van der Waals surface area contributed by atoms with Crippen LogP contribution in [0.2, 0.25) is 0 Å². The number of hydrogen-bond acceptors (Lipinski definition) is 4. The summed E-state index contributed by atoms with van der Waals surface area (Å²) in [6.45, 7) is 8.35. The van der Waals surface area contributed by atoms with Crippen molar-refractivity contribution in [3.05, 3.63) is 30.1 Å². The molecule has 1 aromatic rings. The molecule has 2 amide bonds. The lowest BCUT2D eigenvalue weighted by Crippen LogP contribution is -2.51. The first-order chi connectivity index (χ1) is 12.9. The van der Waals surface area contributed by atoms with Crippen LogP contribution < -0.4 is 15.4 Å². The third kappa shape index (κ3) is 7.72. The van der Waals surface area contributed by atoms with Gasteiger partial charge in [0.1, 0.15) is 6.61 Å². The van der Waals surface area contributed by atoms with Crippen LogP contribution in [0, 0.1) is 11.2 Å². The van der Waals surface area contributed by atoms with Crippen LogP contribution in [0.4, 0.5) is 9.18 Å². The summed E-state index contributed by atoms with van der Waals surface area (Å²) in [6.07, 6.45) is 2.29. The largest absolute Gasteiger partial charge is 0.488 e. The summed E-state index contributed by atoms with van der Waals surface area (Å²) in [5.41, 5.74) is -0.251. The molecule has 0 aromatic heterocycles. The fraction of sp³-hybridized carbons (Fsp3) is 0.650. The van der Waals surface area contributed by atoms with Gasteiger partial charge in [0.05, 0.1) is 25.4 Å². The number of amides is 2. The normalized spacial score (nSPS) is 18.1. The predicted molar refractivity (Wildman–Crippen MR) is 101 cm³/mol. The molecule has 152 valence electrons. The number of benzene rings is 1. The molecule has 2 atom stereocenters. The van der Waals surface area contributed by atoms with E-state index < -0.39 is 5.82 Å². The maximum absolute atomic E-state index is 13.7. The molecule has 6 nitrogen and oxygen atoms in total. The van der Waals surface area contributed by atoms with Crippen molar-refractivity contribution in [2.75, 3.05) is 33.0 Å². The van der Waals surface area contributed by atoms with Crippen molar-refractivity contribution < 1.29 is 23.4 Å². The molecule has 1 aromatic carbocycles. The Morgan fingerprint density at radius 2 is 2.15 bits per heavy atom. The topological polar surface area (TPSA) is 68.8 Å². The minimum atomic E-state index is -0.419. The average Bonchev–Trinajstić information content (AvgIpc) is 3.12.